The predicted octanol–water partition coefficient (Wildman–Crippen LogP) is 2.21. The summed E-state index contributed by atoms with van der Waals surface area (Å²) in [6, 6.07) is 3.45. The molecule has 5 nitrogen and oxygen atoms in total. The van der Waals surface area contributed by atoms with Gasteiger partial charge < -0.3 is 5.73 Å². The van der Waals surface area contributed by atoms with Gasteiger partial charge in [-0.15, -0.1) is 0 Å². The second kappa shape index (κ2) is 5.20. The number of carbonyl (C=O) groups excluding carboxylic acids is 1. The van der Waals surface area contributed by atoms with Crippen molar-refractivity contribution in [2.45, 2.75) is 13.8 Å². The van der Waals surface area contributed by atoms with Crippen molar-refractivity contribution in [1.82, 2.24) is 9.97 Å². The normalized spacial score (nSPS) is 10.4. The third-order valence-electron chi connectivity index (χ3n) is 2.55. The first kappa shape index (κ1) is 13.9. The van der Waals surface area contributed by atoms with Gasteiger partial charge in [0, 0.05) is 17.0 Å². The van der Waals surface area contributed by atoms with Crippen LogP contribution in [0.2, 0.25) is 0 Å². The van der Waals surface area contributed by atoms with E-state index in [-0.39, 0.29) is 11.5 Å². The highest BCUT2D eigenvalue weighted by atomic mass is 19.1. The quantitative estimate of drug-likeness (QED) is 0.825. The zero-order valence-electron chi connectivity index (χ0n) is 10.9. The lowest BCUT2D eigenvalue weighted by molar-refractivity contribution is 0.102. The Morgan fingerprint density at radius 3 is 2.10 bits per heavy atom. The van der Waals surface area contributed by atoms with E-state index >= 15 is 0 Å². The van der Waals surface area contributed by atoms with E-state index in [9.17, 15) is 13.6 Å². The number of nitrogen functional groups attached to an aromatic ring is 1. The number of benzene rings is 1. The first-order valence-electron chi connectivity index (χ1n) is 5.75. The number of hydrogen-bond donors (Lipinski definition) is 2. The molecular weight excluding hydrogens is 266 g/mol. The molecule has 1 heterocycles. The van der Waals surface area contributed by atoms with Crippen molar-refractivity contribution >= 4 is 17.5 Å². The van der Waals surface area contributed by atoms with Crippen LogP contribution >= 0.6 is 0 Å². The van der Waals surface area contributed by atoms with Gasteiger partial charge in [0.15, 0.2) is 0 Å². The van der Waals surface area contributed by atoms with Crippen LogP contribution in [0.25, 0.3) is 0 Å². The third-order valence-corrected chi connectivity index (χ3v) is 2.55. The van der Waals surface area contributed by atoms with Crippen LogP contribution in [-0.4, -0.2) is 15.9 Å². The van der Waals surface area contributed by atoms with Gasteiger partial charge in [0.05, 0.1) is 0 Å². The van der Waals surface area contributed by atoms with Crippen LogP contribution in [-0.2, 0) is 0 Å². The molecule has 3 N–H and O–H groups in total. The van der Waals surface area contributed by atoms with Crippen LogP contribution in [0.3, 0.4) is 0 Å². The fraction of sp³-hybridized carbons (Fsp3) is 0.154. The average Bonchev–Trinajstić information content (AvgIpc) is 2.33. The minimum Gasteiger partial charge on any atom is -0.394 e. The molecular formula is C13H12F2N4O. The smallest absolute Gasteiger partial charge is 0.258 e. The van der Waals surface area contributed by atoms with Crippen molar-refractivity contribution < 1.29 is 13.6 Å². The van der Waals surface area contributed by atoms with Gasteiger partial charge in [0.2, 0.25) is 5.95 Å². The van der Waals surface area contributed by atoms with Crippen molar-refractivity contribution in [3.8, 4) is 0 Å². The number of carbonyl (C=O) groups is 1. The first-order chi connectivity index (χ1) is 9.36. The number of aryl methyl sites for hydroxylation is 2. The first-order valence-corrected chi connectivity index (χ1v) is 5.75. The highest BCUT2D eigenvalue weighted by Crippen LogP contribution is 2.18. The molecule has 0 fully saturated rings. The summed E-state index contributed by atoms with van der Waals surface area (Å²) in [6.45, 7) is 3.49. The van der Waals surface area contributed by atoms with E-state index in [1.54, 1.807) is 19.9 Å². The van der Waals surface area contributed by atoms with Gasteiger partial charge in [0.1, 0.15) is 17.3 Å². The van der Waals surface area contributed by atoms with Gasteiger partial charge in [-0.05, 0) is 32.0 Å². The van der Waals surface area contributed by atoms with Crippen molar-refractivity contribution in [3.05, 3.63) is 46.8 Å². The number of nitrogens with two attached hydrogens (primary N) is 1. The second-order valence-corrected chi connectivity index (χ2v) is 4.28. The van der Waals surface area contributed by atoms with Crippen LogP contribution in [0, 0.1) is 25.5 Å². The number of rotatable bonds is 2. The fourth-order valence-corrected chi connectivity index (χ4v) is 1.67. The number of hydrogen-bond acceptors (Lipinski definition) is 4. The highest BCUT2D eigenvalue weighted by Gasteiger charge is 2.14. The lowest BCUT2D eigenvalue weighted by atomic mass is 10.2. The van der Waals surface area contributed by atoms with Crippen LogP contribution < -0.4 is 11.1 Å². The molecule has 2 rings (SSSR count). The molecule has 0 saturated carbocycles. The van der Waals surface area contributed by atoms with Gasteiger partial charge in [-0.1, -0.05) is 0 Å². The van der Waals surface area contributed by atoms with Crippen LogP contribution in [0.1, 0.15) is 21.7 Å². The van der Waals surface area contributed by atoms with Crippen LogP contribution in [0.5, 0.6) is 0 Å². The Morgan fingerprint density at radius 2 is 1.60 bits per heavy atom. The number of nitrogens with zero attached hydrogens (tertiary/aromatic N) is 2. The topological polar surface area (TPSA) is 80.9 Å². The molecule has 0 aliphatic carbocycles. The summed E-state index contributed by atoms with van der Waals surface area (Å²) in [5, 5.41) is 2.38. The molecule has 2 aromatic rings. The van der Waals surface area contributed by atoms with E-state index in [1.807, 2.05) is 0 Å². The zero-order valence-corrected chi connectivity index (χ0v) is 10.9. The molecule has 0 atom stereocenters. The Labute approximate surface area is 113 Å². The van der Waals surface area contributed by atoms with E-state index in [0.29, 0.717) is 11.4 Å². The molecule has 20 heavy (non-hydrogen) atoms. The minimum absolute atomic E-state index is 0.0742. The van der Waals surface area contributed by atoms with Crippen LogP contribution in [0.15, 0.2) is 18.2 Å². The van der Waals surface area contributed by atoms with Crippen molar-refractivity contribution in [3.63, 3.8) is 0 Å². The molecule has 0 spiro atoms. The Kier molecular flexibility index (Phi) is 3.60. The van der Waals surface area contributed by atoms with Gasteiger partial charge in [-0.25, -0.2) is 18.7 Å². The van der Waals surface area contributed by atoms with Crippen molar-refractivity contribution in [2.24, 2.45) is 0 Å². The average molecular weight is 278 g/mol. The van der Waals surface area contributed by atoms with Gasteiger partial charge in [-0.2, -0.15) is 0 Å². The molecule has 1 amide bonds. The minimum atomic E-state index is -0.989. The summed E-state index contributed by atoms with van der Waals surface area (Å²) in [7, 11) is 0. The lowest BCUT2D eigenvalue weighted by Crippen LogP contribution is -2.16. The summed E-state index contributed by atoms with van der Waals surface area (Å²) in [4.78, 5) is 19.9. The fourth-order valence-electron chi connectivity index (χ4n) is 1.67. The molecule has 0 aliphatic heterocycles. The number of amides is 1. The predicted molar refractivity (Wildman–Crippen MR) is 70.2 cm³/mol. The Bertz CT molecular complexity index is 645. The largest absolute Gasteiger partial charge is 0.394 e. The Balaban J connectivity index is 2.28. The Hall–Kier alpha value is -2.57. The number of nitrogens with one attached hydrogen (secondary N) is 1. The molecule has 1 aromatic carbocycles. The van der Waals surface area contributed by atoms with E-state index in [2.05, 4.69) is 15.3 Å². The van der Waals surface area contributed by atoms with Crippen molar-refractivity contribution in [2.75, 3.05) is 11.1 Å². The maximum atomic E-state index is 13.3. The van der Waals surface area contributed by atoms with Gasteiger partial charge in [0.25, 0.3) is 5.91 Å². The van der Waals surface area contributed by atoms with E-state index < -0.39 is 23.2 Å². The second-order valence-electron chi connectivity index (χ2n) is 4.28. The molecule has 0 aliphatic rings. The third kappa shape index (κ3) is 2.87. The summed E-state index contributed by atoms with van der Waals surface area (Å²) in [5.41, 5.74) is 5.66. The lowest BCUT2D eigenvalue weighted by Gasteiger charge is -2.07. The monoisotopic (exact) mass is 278 g/mol. The van der Waals surface area contributed by atoms with E-state index in [0.717, 1.165) is 12.1 Å². The summed E-state index contributed by atoms with van der Waals surface area (Å²) < 4.78 is 26.6. The maximum absolute atomic E-state index is 13.3. The van der Waals surface area contributed by atoms with E-state index in [1.165, 1.54) is 0 Å². The molecule has 104 valence electrons. The molecule has 7 heteroatoms. The summed E-state index contributed by atoms with van der Waals surface area (Å²) in [5.74, 6) is -2.62. The molecule has 0 bridgehead atoms. The van der Waals surface area contributed by atoms with Gasteiger partial charge >= 0.3 is 0 Å². The number of anilines is 2. The summed E-state index contributed by atoms with van der Waals surface area (Å²) >= 11 is 0. The van der Waals surface area contributed by atoms with E-state index in [4.69, 9.17) is 5.73 Å². The van der Waals surface area contributed by atoms with Crippen molar-refractivity contribution in [1.29, 1.82) is 0 Å². The Morgan fingerprint density at radius 1 is 1.10 bits per heavy atom. The number of aromatic nitrogens is 2. The highest BCUT2D eigenvalue weighted by molar-refractivity contribution is 6.03. The van der Waals surface area contributed by atoms with Gasteiger partial charge in [-0.3, -0.25) is 10.1 Å². The number of halogens is 2. The molecule has 0 unspecified atom stereocenters. The maximum Gasteiger partial charge on any atom is 0.258 e. The van der Waals surface area contributed by atoms with Crippen LogP contribution in [0.4, 0.5) is 20.4 Å². The SMILES string of the molecule is Cc1cc(C)nc(NC(=O)c2cc(F)c(N)c(F)c2)n1. The zero-order chi connectivity index (χ0) is 14.9. The standard InChI is InChI=1S/C13H12F2N4O/c1-6-3-7(2)18-13(17-6)19-12(20)8-4-9(14)11(16)10(15)5-8/h3-5H,16H2,1-2H3,(H,17,18,19,20). The molecule has 1 aromatic heterocycles. The summed E-state index contributed by atoms with van der Waals surface area (Å²) in [6.07, 6.45) is 0. The molecule has 0 radical (unpaired) electrons. The molecule has 0 saturated heterocycles.